The molecular weight excluding hydrogens is 278 g/mol. The van der Waals surface area contributed by atoms with Crippen LogP contribution in [0, 0.1) is 0 Å². The highest BCUT2D eigenvalue weighted by atomic mass is 16.6. The molecule has 22 heavy (non-hydrogen) atoms. The minimum atomic E-state index is -1.33. The molecule has 0 saturated heterocycles. The molecule has 114 valence electrons. The summed E-state index contributed by atoms with van der Waals surface area (Å²) in [5.41, 5.74) is 2.33. The number of amides is 1. The van der Waals surface area contributed by atoms with E-state index in [1.54, 1.807) is 24.3 Å². The Balaban J connectivity index is 2.75. The van der Waals surface area contributed by atoms with E-state index in [0.717, 1.165) is 0 Å². The number of aliphatic hydroxyl groups is 1. The van der Waals surface area contributed by atoms with Gasteiger partial charge in [0.25, 0.3) is 5.91 Å². The molecular formula is C18H19NO3. The van der Waals surface area contributed by atoms with Crippen LogP contribution in [0.25, 0.3) is 0 Å². The van der Waals surface area contributed by atoms with E-state index in [0.29, 0.717) is 11.1 Å². The van der Waals surface area contributed by atoms with Crippen LogP contribution in [-0.4, -0.2) is 24.2 Å². The van der Waals surface area contributed by atoms with Crippen molar-refractivity contribution in [2.75, 3.05) is 7.11 Å². The van der Waals surface area contributed by atoms with E-state index in [9.17, 15) is 9.90 Å². The summed E-state index contributed by atoms with van der Waals surface area (Å²) in [5.74, 6) is -0.459. The Morgan fingerprint density at radius 3 is 1.95 bits per heavy atom. The van der Waals surface area contributed by atoms with Gasteiger partial charge in [-0.15, -0.1) is 6.58 Å². The summed E-state index contributed by atoms with van der Waals surface area (Å²) in [4.78, 5) is 17.6. The first kappa shape index (κ1) is 15.9. The fourth-order valence-electron chi connectivity index (χ4n) is 2.66. The van der Waals surface area contributed by atoms with Crippen LogP contribution in [0.5, 0.6) is 0 Å². The molecule has 0 aliphatic rings. The molecule has 2 N–H and O–H groups in total. The molecule has 2 aromatic rings. The lowest BCUT2D eigenvalue weighted by Crippen LogP contribution is -2.52. The van der Waals surface area contributed by atoms with Crippen molar-refractivity contribution in [3.8, 4) is 0 Å². The molecule has 0 radical (unpaired) electrons. The Morgan fingerprint density at radius 2 is 1.59 bits per heavy atom. The Kier molecular flexibility index (Phi) is 5.09. The molecule has 0 aliphatic carbocycles. The molecule has 4 nitrogen and oxygen atoms in total. The molecule has 0 aliphatic heterocycles. The molecule has 0 fully saturated rings. The third-order valence-corrected chi connectivity index (χ3v) is 3.68. The first-order valence-electron chi connectivity index (χ1n) is 6.93. The van der Waals surface area contributed by atoms with E-state index in [4.69, 9.17) is 4.84 Å². The number of hydroxylamine groups is 1. The van der Waals surface area contributed by atoms with Gasteiger partial charge >= 0.3 is 0 Å². The summed E-state index contributed by atoms with van der Waals surface area (Å²) in [6.45, 7) is 3.65. The van der Waals surface area contributed by atoms with E-state index in [1.165, 1.54) is 13.2 Å². The first-order chi connectivity index (χ1) is 10.7. The second kappa shape index (κ2) is 7.02. The van der Waals surface area contributed by atoms with Crippen molar-refractivity contribution in [2.45, 2.75) is 11.5 Å². The van der Waals surface area contributed by atoms with Gasteiger partial charge in [-0.25, -0.2) is 5.48 Å². The van der Waals surface area contributed by atoms with Crippen molar-refractivity contribution < 1.29 is 14.7 Å². The van der Waals surface area contributed by atoms with Gasteiger partial charge in [-0.2, -0.15) is 0 Å². The molecule has 2 aromatic carbocycles. The maximum Gasteiger partial charge on any atom is 0.261 e. The maximum absolute atomic E-state index is 12.8. The Labute approximate surface area is 130 Å². The highest BCUT2D eigenvalue weighted by molar-refractivity contribution is 5.92. The van der Waals surface area contributed by atoms with Gasteiger partial charge in [0, 0.05) is 0 Å². The smallest absolute Gasteiger partial charge is 0.261 e. The van der Waals surface area contributed by atoms with Crippen molar-refractivity contribution in [1.82, 2.24) is 5.48 Å². The summed E-state index contributed by atoms with van der Waals surface area (Å²) in [6.07, 6.45) is 0.238. The Hall–Kier alpha value is -2.43. The van der Waals surface area contributed by atoms with Crippen molar-refractivity contribution in [3.63, 3.8) is 0 Å². The maximum atomic E-state index is 12.8. The fraction of sp³-hybridized carbons (Fsp3) is 0.167. The summed E-state index contributed by atoms with van der Waals surface area (Å²) >= 11 is 0. The lowest BCUT2D eigenvalue weighted by atomic mass is 9.69. The third-order valence-electron chi connectivity index (χ3n) is 3.68. The van der Waals surface area contributed by atoms with E-state index in [1.807, 2.05) is 36.4 Å². The highest BCUT2D eigenvalue weighted by Crippen LogP contribution is 2.36. The van der Waals surface area contributed by atoms with Crippen LogP contribution in [0.1, 0.15) is 11.1 Å². The third kappa shape index (κ3) is 2.66. The summed E-state index contributed by atoms with van der Waals surface area (Å²) in [6, 6.07) is 18.2. The van der Waals surface area contributed by atoms with Crippen molar-refractivity contribution in [1.29, 1.82) is 0 Å². The normalized spacial score (nSPS) is 12.5. The zero-order chi connectivity index (χ0) is 16.0. The van der Waals surface area contributed by atoms with Crippen molar-refractivity contribution >= 4 is 5.91 Å². The SMILES string of the molecule is C=CC(O)C(C(=O)NOC)(c1ccccc1)c1ccccc1. The molecule has 4 heteroatoms. The number of nitrogens with one attached hydrogen (secondary N) is 1. The minimum Gasteiger partial charge on any atom is -0.387 e. The van der Waals surface area contributed by atoms with Crippen LogP contribution in [0.2, 0.25) is 0 Å². The average molecular weight is 297 g/mol. The molecule has 1 unspecified atom stereocenters. The van der Waals surface area contributed by atoms with Gasteiger partial charge in [0.05, 0.1) is 13.2 Å². The quantitative estimate of drug-likeness (QED) is 0.635. The first-order valence-corrected chi connectivity index (χ1v) is 6.93. The number of hydrogen-bond acceptors (Lipinski definition) is 3. The summed E-state index contributed by atoms with van der Waals surface area (Å²) in [5, 5.41) is 10.6. The van der Waals surface area contributed by atoms with Gasteiger partial charge in [-0.1, -0.05) is 66.7 Å². The van der Waals surface area contributed by atoms with E-state index in [2.05, 4.69) is 12.1 Å². The van der Waals surface area contributed by atoms with Crippen LogP contribution in [0.4, 0.5) is 0 Å². The van der Waals surface area contributed by atoms with Crippen LogP contribution in [0.3, 0.4) is 0 Å². The molecule has 0 bridgehead atoms. The van der Waals surface area contributed by atoms with Gasteiger partial charge in [-0.05, 0) is 11.1 Å². The number of rotatable bonds is 6. The topological polar surface area (TPSA) is 58.6 Å². The van der Waals surface area contributed by atoms with Gasteiger partial charge in [0.1, 0.15) is 5.41 Å². The second-order valence-corrected chi connectivity index (χ2v) is 4.86. The van der Waals surface area contributed by atoms with E-state index >= 15 is 0 Å². The monoisotopic (exact) mass is 297 g/mol. The zero-order valence-electron chi connectivity index (χ0n) is 12.4. The van der Waals surface area contributed by atoms with Gasteiger partial charge in [0.15, 0.2) is 0 Å². The van der Waals surface area contributed by atoms with Crippen LogP contribution in [0.15, 0.2) is 73.3 Å². The van der Waals surface area contributed by atoms with Gasteiger partial charge < -0.3 is 5.11 Å². The molecule has 2 rings (SSSR count). The predicted molar refractivity (Wildman–Crippen MR) is 85.0 cm³/mol. The number of carbonyl (C=O) groups excluding carboxylic acids is 1. The van der Waals surface area contributed by atoms with Gasteiger partial charge in [-0.3, -0.25) is 9.63 Å². The molecule has 1 amide bonds. The largest absolute Gasteiger partial charge is 0.387 e. The number of carbonyl (C=O) groups is 1. The Morgan fingerprint density at radius 1 is 1.14 bits per heavy atom. The average Bonchev–Trinajstić information content (AvgIpc) is 2.57. The van der Waals surface area contributed by atoms with Crippen molar-refractivity contribution in [2.24, 2.45) is 0 Å². The minimum absolute atomic E-state index is 0.459. The summed E-state index contributed by atoms with van der Waals surface area (Å²) in [7, 11) is 1.36. The second-order valence-electron chi connectivity index (χ2n) is 4.86. The number of benzene rings is 2. The number of hydrogen-bond donors (Lipinski definition) is 2. The summed E-state index contributed by atoms with van der Waals surface area (Å²) < 4.78 is 0. The lowest BCUT2D eigenvalue weighted by molar-refractivity contribution is -0.138. The van der Waals surface area contributed by atoms with E-state index < -0.39 is 17.4 Å². The predicted octanol–water partition coefficient (Wildman–Crippen LogP) is 2.20. The van der Waals surface area contributed by atoms with E-state index in [-0.39, 0.29) is 0 Å². The molecule has 0 spiro atoms. The highest BCUT2D eigenvalue weighted by Gasteiger charge is 2.47. The van der Waals surface area contributed by atoms with Crippen molar-refractivity contribution in [3.05, 3.63) is 84.4 Å². The standard InChI is InChI=1S/C18H19NO3/c1-3-16(20)18(17(21)19-22-2,14-10-6-4-7-11-14)15-12-8-5-9-13-15/h3-13,16,20H,1H2,2H3,(H,19,21). The zero-order valence-corrected chi connectivity index (χ0v) is 12.4. The molecule has 1 atom stereocenters. The fourth-order valence-corrected chi connectivity index (χ4v) is 2.66. The van der Waals surface area contributed by atoms with Crippen LogP contribution in [-0.2, 0) is 15.0 Å². The van der Waals surface area contributed by atoms with Crippen LogP contribution >= 0.6 is 0 Å². The van der Waals surface area contributed by atoms with Gasteiger partial charge in [0.2, 0.25) is 0 Å². The molecule has 0 saturated carbocycles. The number of aliphatic hydroxyl groups excluding tert-OH is 1. The lowest BCUT2D eigenvalue weighted by Gasteiger charge is -2.36. The molecule has 0 aromatic heterocycles. The van der Waals surface area contributed by atoms with Crippen LogP contribution < -0.4 is 5.48 Å². The molecule has 0 heterocycles. The Bertz CT molecular complexity index is 586.